The number of likely N-dealkylation sites (N-methyl/N-ethyl adjacent to an activating group) is 1. The molecule has 1 aromatic rings. The van der Waals surface area contributed by atoms with Crippen LogP contribution in [0.25, 0.3) is 0 Å². The minimum Gasteiger partial charge on any atom is -0.325 e. The van der Waals surface area contributed by atoms with Crippen LogP contribution >= 0.6 is 11.6 Å². The maximum atomic E-state index is 11.8. The number of hydrogen-bond donors (Lipinski definition) is 1. The molecule has 0 aliphatic rings. The lowest BCUT2D eigenvalue weighted by atomic mass is 10.2. The van der Waals surface area contributed by atoms with Gasteiger partial charge in [0, 0.05) is 10.7 Å². The molecule has 100 valence electrons. The van der Waals surface area contributed by atoms with Crippen molar-refractivity contribution in [3.8, 4) is 0 Å². The van der Waals surface area contributed by atoms with Crippen LogP contribution in [0, 0.1) is 6.92 Å². The maximum absolute atomic E-state index is 11.8. The van der Waals surface area contributed by atoms with E-state index in [1.54, 1.807) is 6.07 Å². The van der Waals surface area contributed by atoms with E-state index in [2.05, 4.69) is 12.2 Å². The molecular formula is C14H21ClN2O. The lowest BCUT2D eigenvalue weighted by molar-refractivity contribution is -0.117. The van der Waals surface area contributed by atoms with E-state index >= 15 is 0 Å². The van der Waals surface area contributed by atoms with E-state index in [1.807, 2.05) is 31.0 Å². The molecule has 0 radical (unpaired) electrons. The fourth-order valence-electron chi connectivity index (χ4n) is 1.62. The van der Waals surface area contributed by atoms with Gasteiger partial charge in [0.25, 0.3) is 0 Å². The zero-order valence-electron chi connectivity index (χ0n) is 11.3. The highest BCUT2D eigenvalue weighted by Gasteiger charge is 2.07. The van der Waals surface area contributed by atoms with Crippen molar-refractivity contribution in [2.75, 3.05) is 25.5 Å². The number of carbonyl (C=O) groups is 1. The van der Waals surface area contributed by atoms with Crippen LogP contribution in [0.4, 0.5) is 5.69 Å². The monoisotopic (exact) mass is 268 g/mol. The molecule has 18 heavy (non-hydrogen) atoms. The molecule has 1 aromatic carbocycles. The lowest BCUT2D eigenvalue weighted by Gasteiger charge is -2.15. The van der Waals surface area contributed by atoms with E-state index in [9.17, 15) is 4.79 Å². The highest BCUT2D eigenvalue weighted by molar-refractivity contribution is 6.31. The largest absolute Gasteiger partial charge is 0.325 e. The molecule has 0 heterocycles. The van der Waals surface area contributed by atoms with Crippen molar-refractivity contribution >= 4 is 23.2 Å². The predicted molar refractivity (Wildman–Crippen MR) is 77.2 cm³/mol. The Bertz CT molecular complexity index is 407. The fraction of sp³-hybridized carbons (Fsp3) is 0.500. The summed E-state index contributed by atoms with van der Waals surface area (Å²) in [6.45, 7) is 5.43. The first-order valence-corrected chi connectivity index (χ1v) is 6.65. The molecule has 1 rings (SSSR count). The Morgan fingerprint density at radius 1 is 1.44 bits per heavy atom. The second kappa shape index (κ2) is 7.39. The third-order valence-electron chi connectivity index (χ3n) is 2.76. The van der Waals surface area contributed by atoms with Crippen LogP contribution < -0.4 is 5.32 Å². The van der Waals surface area contributed by atoms with Gasteiger partial charge >= 0.3 is 0 Å². The summed E-state index contributed by atoms with van der Waals surface area (Å²) in [5.74, 6) is -0.00600. The number of nitrogens with zero attached hydrogens (tertiary/aromatic N) is 1. The van der Waals surface area contributed by atoms with Crippen molar-refractivity contribution < 1.29 is 4.79 Å². The first-order valence-electron chi connectivity index (χ1n) is 6.27. The fourth-order valence-corrected chi connectivity index (χ4v) is 1.80. The van der Waals surface area contributed by atoms with Crippen molar-refractivity contribution in [1.82, 2.24) is 4.90 Å². The van der Waals surface area contributed by atoms with Crippen molar-refractivity contribution in [3.63, 3.8) is 0 Å². The van der Waals surface area contributed by atoms with E-state index in [0.717, 1.165) is 30.6 Å². The van der Waals surface area contributed by atoms with Crippen LogP contribution in [0.5, 0.6) is 0 Å². The van der Waals surface area contributed by atoms with E-state index < -0.39 is 0 Å². The lowest BCUT2D eigenvalue weighted by Crippen LogP contribution is -2.30. The number of nitrogens with one attached hydrogen (secondary N) is 1. The summed E-state index contributed by atoms with van der Waals surface area (Å²) in [5.41, 5.74) is 1.76. The molecule has 3 nitrogen and oxygen atoms in total. The highest BCUT2D eigenvalue weighted by Crippen LogP contribution is 2.19. The number of hydrogen-bond acceptors (Lipinski definition) is 2. The van der Waals surface area contributed by atoms with Gasteiger partial charge in [-0.2, -0.15) is 0 Å². The van der Waals surface area contributed by atoms with E-state index in [4.69, 9.17) is 11.6 Å². The summed E-state index contributed by atoms with van der Waals surface area (Å²) < 4.78 is 0. The molecule has 0 aliphatic carbocycles. The van der Waals surface area contributed by atoms with Crippen molar-refractivity contribution in [2.45, 2.75) is 26.7 Å². The number of halogens is 1. The molecule has 1 N–H and O–H groups in total. The Morgan fingerprint density at radius 2 is 2.17 bits per heavy atom. The number of aryl methyl sites for hydroxylation is 1. The predicted octanol–water partition coefficient (Wildman–Crippen LogP) is 3.32. The molecule has 0 aromatic heterocycles. The van der Waals surface area contributed by atoms with Crippen LogP contribution in [0.2, 0.25) is 5.02 Å². The number of amides is 1. The summed E-state index contributed by atoms with van der Waals surface area (Å²) >= 11 is 6.01. The Labute approximate surface area is 114 Å². The third-order valence-corrected chi connectivity index (χ3v) is 3.17. The van der Waals surface area contributed by atoms with Gasteiger partial charge in [0.05, 0.1) is 6.54 Å². The molecule has 1 amide bonds. The molecular weight excluding hydrogens is 248 g/mol. The summed E-state index contributed by atoms with van der Waals surface area (Å²) in [7, 11) is 1.96. The van der Waals surface area contributed by atoms with Gasteiger partial charge in [-0.1, -0.05) is 31.0 Å². The highest BCUT2D eigenvalue weighted by atomic mass is 35.5. The molecule has 0 saturated heterocycles. The third kappa shape index (κ3) is 5.07. The van der Waals surface area contributed by atoms with Crippen LogP contribution in [0.3, 0.4) is 0 Å². The Balaban J connectivity index is 2.46. The smallest absolute Gasteiger partial charge is 0.238 e. The molecule has 0 spiro atoms. The van der Waals surface area contributed by atoms with Gasteiger partial charge in [0.1, 0.15) is 0 Å². The molecule has 0 aliphatic heterocycles. The average molecular weight is 269 g/mol. The van der Waals surface area contributed by atoms with Gasteiger partial charge in [0.15, 0.2) is 0 Å². The van der Waals surface area contributed by atoms with Gasteiger partial charge in [-0.3, -0.25) is 9.69 Å². The van der Waals surface area contributed by atoms with Gasteiger partial charge in [-0.15, -0.1) is 0 Å². The number of benzene rings is 1. The zero-order valence-corrected chi connectivity index (χ0v) is 12.0. The maximum Gasteiger partial charge on any atom is 0.238 e. The molecule has 0 bridgehead atoms. The molecule has 0 atom stereocenters. The van der Waals surface area contributed by atoms with Crippen molar-refractivity contribution in [3.05, 3.63) is 28.8 Å². The van der Waals surface area contributed by atoms with Gasteiger partial charge in [0.2, 0.25) is 5.91 Å². The van der Waals surface area contributed by atoms with Gasteiger partial charge < -0.3 is 5.32 Å². The quantitative estimate of drug-likeness (QED) is 0.858. The normalized spacial score (nSPS) is 10.7. The molecule has 0 unspecified atom stereocenters. The Morgan fingerprint density at radius 3 is 2.78 bits per heavy atom. The second-order valence-electron chi connectivity index (χ2n) is 4.60. The first kappa shape index (κ1) is 15.0. The Kier molecular flexibility index (Phi) is 6.16. The van der Waals surface area contributed by atoms with E-state index in [-0.39, 0.29) is 5.91 Å². The van der Waals surface area contributed by atoms with Crippen LogP contribution in [-0.2, 0) is 4.79 Å². The van der Waals surface area contributed by atoms with E-state index in [1.165, 1.54) is 0 Å². The van der Waals surface area contributed by atoms with Gasteiger partial charge in [-0.25, -0.2) is 0 Å². The summed E-state index contributed by atoms with van der Waals surface area (Å²) in [5, 5.41) is 3.53. The van der Waals surface area contributed by atoms with Crippen molar-refractivity contribution in [2.24, 2.45) is 0 Å². The summed E-state index contributed by atoms with van der Waals surface area (Å²) in [4.78, 5) is 13.8. The minimum absolute atomic E-state index is 0.00600. The first-order chi connectivity index (χ1) is 8.52. The number of anilines is 1. The average Bonchev–Trinajstić information content (AvgIpc) is 2.31. The number of rotatable bonds is 6. The number of unbranched alkanes of at least 4 members (excludes halogenated alkanes) is 1. The molecule has 0 fully saturated rings. The van der Waals surface area contributed by atoms with Crippen LogP contribution in [-0.4, -0.2) is 30.9 Å². The second-order valence-corrected chi connectivity index (χ2v) is 5.01. The SMILES string of the molecule is CCCCN(C)CC(=O)Nc1ccc(C)c(Cl)c1. The van der Waals surface area contributed by atoms with Crippen LogP contribution in [0.15, 0.2) is 18.2 Å². The zero-order chi connectivity index (χ0) is 13.5. The molecule has 0 saturated carbocycles. The summed E-state index contributed by atoms with van der Waals surface area (Å²) in [6, 6.07) is 5.55. The Hall–Kier alpha value is -1.06. The molecule has 4 heteroatoms. The standard InChI is InChI=1S/C14H21ClN2O/c1-4-5-8-17(3)10-14(18)16-12-7-6-11(2)13(15)9-12/h6-7,9H,4-5,8,10H2,1-3H3,(H,16,18). The summed E-state index contributed by atoms with van der Waals surface area (Å²) in [6.07, 6.45) is 2.25. The van der Waals surface area contributed by atoms with E-state index in [0.29, 0.717) is 11.6 Å². The van der Waals surface area contributed by atoms with Crippen molar-refractivity contribution in [1.29, 1.82) is 0 Å². The van der Waals surface area contributed by atoms with Gasteiger partial charge in [-0.05, 0) is 44.6 Å². The minimum atomic E-state index is -0.00600. The number of carbonyl (C=O) groups excluding carboxylic acids is 1. The van der Waals surface area contributed by atoms with Crippen LogP contribution in [0.1, 0.15) is 25.3 Å². The topological polar surface area (TPSA) is 32.3 Å².